The van der Waals surface area contributed by atoms with Crippen LogP contribution in [0.3, 0.4) is 0 Å². The van der Waals surface area contributed by atoms with Crippen LogP contribution in [0.1, 0.15) is 22.5 Å². The van der Waals surface area contributed by atoms with E-state index in [9.17, 15) is 31.5 Å². The number of amides is 2. The second kappa shape index (κ2) is 12.1. The number of halogens is 5. The van der Waals surface area contributed by atoms with E-state index in [0.717, 1.165) is 12.1 Å². The molecule has 0 bridgehead atoms. The average Bonchev–Trinajstić information content (AvgIpc) is 3.49. The summed E-state index contributed by atoms with van der Waals surface area (Å²) in [5.41, 5.74) is 0.324. The van der Waals surface area contributed by atoms with Gasteiger partial charge in [-0.3, -0.25) is 19.2 Å². The van der Waals surface area contributed by atoms with E-state index in [0.29, 0.717) is 5.56 Å². The van der Waals surface area contributed by atoms with Gasteiger partial charge < -0.3 is 15.4 Å². The third-order valence-corrected chi connectivity index (χ3v) is 5.50. The monoisotopic (exact) mass is 557 g/mol. The summed E-state index contributed by atoms with van der Waals surface area (Å²) in [6.07, 6.45) is -4.39. The van der Waals surface area contributed by atoms with E-state index in [2.05, 4.69) is 36.0 Å². The molecule has 2 N–H and O–H groups in total. The molecule has 1 unspecified atom stereocenters. The number of aryl methyl sites for hydroxylation is 1. The van der Waals surface area contributed by atoms with Crippen LogP contribution in [-0.2, 0) is 24.4 Å². The molecule has 3 heterocycles. The lowest BCUT2D eigenvalue weighted by atomic mass is 10.2. The van der Waals surface area contributed by atoms with E-state index in [1.54, 1.807) is 4.90 Å². The number of benzene rings is 1. The summed E-state index contributed by atoms with van der Waals surface area (Å²) in [6, 6.07) is 5.16. The highest BCUT2D eigenvalue weighted by Crippen LogP contribution is 2.23. The Bertz CT molecular complexity index is 1280. The molecule has 0 saturated carbocycles. The molecule has 17 heteroatoms. The van der Waals surface area contributed by atoms with Crippen LogP contribution in [0.5, 0.6) is 5.75 Å². The number of alkyl halides is 5. The standard InChI is InChI=1S/C22H24F5N9O3/c23-15(10-36-12-19(31-33-36)29-20(37)13-34-8-16(24)9-34)4-5-35-11-18(30-32-35)21(38)28-7-14-2-1-3-17(6-14)39-22(25,26)27/h1-3,6,11-12,15-16H,4-5,7-10,13H2,(H,28,38)(H,29,37). The zero-order valence-corrected chi connectivity index (χ0v) is 20.3. The maximum Gasteiger partial charge on any atom is 0.573 e. The summed E-state index contributed by atoms with van der Waals surface area (Å²) in [7, 11) is 0. The van der Waals surface area contributed by atoms with Gasteiger partial charge in [0.05, 0.1) is 25.5 Å². The van der Waals surface area contributed by atoms with Gasteiger partial charge in [0.15, 0.2) is 11.5 Å². The van der Waals surface area contributed by atoms with Crippen molar-refractivity contribution in [2.75, 3.05) is 25.0 Å². The topological polar surface area (TPSA) is 132 Å². The minimum atomic E-state index is -4.83. The summed E-state index contributed by atoms with van der Waals surface area (Å²) < 4.78 is 70.8. The van der Waals surface area contributed by atoms with Gasteiger partial charge in [-0.05, 0) is 17.7 Å². The summed E-state index contributed by atoms with van der Waals surface area (Å²) in [6.45, 7) is 0.325. The zero-order valence-electron chi connectivity index (χ0n) is 20.3. The summed E-state index contributed by atoms with van der Waals surface area (Å²) in [5.74, 6) is -1.25. The van der Waals surface area contributed by atoms with Crippen molar-refractivity contribution < 1.29 is 36.3 Å². The van der Waals surface area contributed by atoms with Crippen molar-refractivity contribution in [2.24, 2.45) is 0 Å². The maximum atomic E-state index is 14.5. The Balaban J connectivity index is 1.18. The minimum Gasteiger partial charge on any atom is -0.406 e. The van der Waals surface area contributed by atoms with Crippen LogP contribution in [0.15, 0.2) is 36.7 Å². The van der Waals surface area contributed by atoms with Gasteiger partial charge in [0.1, 0.15) is 18.1 Å². The second-order valence-electron chi connectivity index (χ2n) is 8.80. The number of aromatic nitrogens is 6. The molecule has 0 aliphatic carbocycles. The molecule has 0 spiro atoms. The minimum absolute atomic E-state index is 0.0112. The maximum absolute atomic E-state index is 14.5. The number of carbonyl (C=O) groups excluding carboxylic acids is 2. The van der Waals surface area contributed by atoms with Crippen molar-refractivity contribution in [3.63, 3.8) is 0 Å². The van der Waals surface area contributed by atoms with Crippen molar-refractivity contribution in [1.82, 2.24) is 40.2 Å². The average molecular weight is 557 g/mol. The van der Waals surface area contributed by atoms with E-state index in [1.807, 2.05) is 0 Å². The molecule has 1 atom stereocenters. The molecule has 1 aliphatic rings. The van der Waals surface area contributed by atoms with Crippen LogP contribution >= 0.6 is 0 Å². The van der Waals surface area contributed by atoms with E-state index < -0.39 is 30.4 Å². The molecule has 1 fully saturated rings. The van der Waals surface area contributed by atoms with Gasteiger partial charge in [0.25, 0.3) is 5.91 Å². The molecule has 0 radical (unpaired) electrons. The molecule has 2 aromatic heterocycles. The SMILES string of the molecule is O=C(CN1CC(F)C1)Nc1cn(CC(F)CCn2cc(C(=O)NCc3cccc(OC(F)(F)F)c3)nn2)nn1. The molecule has 1 aliphatic heterocycles. The predicted octanol–water partition coefficient (Wildman–Crippen LogP) is 1.72. The Morgan fingerprint density at radius 3 is 2.64 bits per heavy atom. The first-order chi connectivity index (χ1) is 18.5. The Morgan fingerprint density at radius 2 is 1.90 bits per heavy atom. The summed E-state index contributed by atoms with van der Waals surface area (Å²) in [4.78, 5) is 25.9. The molecule has 39 heavy (non-hydrogen) atoms. The first-order valence-corrected chi connectivity index (χ1v) is 11.8. The van der Waals surface area contributed by atoms with Gasteiger partial charge in [0.2, 0.25) is 5.91 Å². The fourth-order valence-corrected chi connectivity index (χ4v) is 3.67. The highest BCUT2D eigenvalue weighted by Gasteiger charge is 2.31. The number of carbonyl (C=O) groups is 2. The van der Waals surface area contributed by atoms with E-state index in [1.165, 1.54) is 33.9 Å². The number of likely N-dealkylation sites (tertiary alicyclic amines) is 1. The smallest absolute Gasteiger partial charge is 0.406 e. The fourth-order valence-electron chi connectivity index (χ4n) is 3.67. The van der Waals surface area contributed by atoms with Crippen LogP contribution < -0.4 is 15.4 Å². The Labute approximate surface area is 218 Å². The molecule has 210 valence electrons. The Kier molecular flexibility index (Phi) is 8.68. The quantitative estimate of drug-likeness (QED) is 0.322. The van der Waals surface area contributed by atoms with Crippen molar-refractivity contribution in [2.45, 2.75) is 44.8 Å². The summed E-state index contributed by atoms with van der Waals surface area (Å²) >= 11 is 0. The molecule has 2 amide bonds. The lowest BCUT2D eigenvalue weighted by molar-refractivity contribution is -0.274. The van der Waals surface area contributed by atoms with Gasteiger partial charge >= 0.3 is 6.36 Å². The van der Waals surface area contributed by atoms with Gasteiger partial charge in [-0.15, -0.1) is 23.4 Å². The number of anilines is 1. The highest BCUT2D eigenvalue weighted by molar-refractivity contribution is 5.92. The molecule has 1 aromatic carbocycles. The number of nitrogens with one attached hydrogen (secondary N) is 2. The van der Waals surface area contributed by atoms with E-state index in [-0.39, 0.29) is 63.1 Å². The highest BCUT2D eigenvalue weighted by atomic mass is 19.4. The molecule has 4 rings (SSSR count). The van der Waals surface area contributed by atoms with Crippen LogP contribution in [0.2, 0.25) is 0 Å². The number of ether oxygens (including phenoxy) is 1. The second-order valence-corrected chi connectivity index (χ2v) is 8.80. The lowest BCUT2D eigenvalue weighted by Gasteiger charge is -2.33. The number of hydrogen-bond donors (Lipinski definition) is 2. The van der Waals surface area contributed by atoms with Gasteiger partial charge in [0, 0.05) is 32.6 Å². The van der Waals surface area contributed by atoms with Crippen LogP contribution in [0, 0.1) is 0 Å². The van der Waals surface area contributed by atoms with E-state index in [4.69, 9.17) is 0 Å². The molecular formula is C22H24F5N9O3. The molecule has 12 nitrogen and oxygen atoms in total. The van der Waals surface area contributed by atoms with Crippen molar-refractivity contribution in [3.05, 3.63) is 47.9 Å². The largest absolute Gasteiger partial charge is 0.573 e. The molecular weight excluding hydrogens is 533 g/mol. The van der Waals surface area contributed by atoms with Gasteiger partial charge in [-0.2, -0.15) is 0 Å². The van der Waals surface area contributed by atoms with Gasteiger partial charge in [-0.1, -0.05) is 22.6 Å². The summed E-state index contributed by atoms with van der Waals surface area (Å²) in [5, 5.41) is 20.1. The van der Waals surface area contributed by atoms with Crippen molar-refractivity contribution >= 4 is 17.6 Å². The first kappa shape index (κ1) is 27.9. The lowest BCUT2D eigenvalue weighted by Crippen LogP contribution is -2.51. The molecule has 1 saturated heterocycles. The number of nitrogens with zero attached hydrogens (tertiary/aromatic N) is 7. The normalized spacial score (nSPS) is 15.0. The van der Waals surface area contributed by atoms with Crippen LogP contribution in [-0.4, -0.2) is 85.0 Å². The molecule has 3 aromatic rings. The third kappa shape index (κ3) is 8.69. The number of hydrogen-bond acceptors (Lipinski definition) is 8. The van der Waals surface area contributed by atoms with Crippen LogP contribution in [0.4, 0.5) is 27.8 Å². The van der Waals surface area contributed by atoms with Crippen molar-refractivity contribution in [3.8, 4) is 5.75 Å². The fraction of sp³-hybridized carbons (Fsp3) is 0.455. The van der Waals surface area contributed by atoms with Crippen LogP contribution in [0.25, 0.3) is 0 Å². The third-order valence-electron chi connectivity index (χ3n) is 5.50. The zero-order chi connectivity index (χ0) is 28.0. The van der Waals surface area contributed by atoms with E-state index >= 15 is 0 Å². The first-order valence-electron chi connectivity index (χ1n) is 11.8. The predicted molar refractivity (Wildman–Crippen MR) is 124 cm³/mol. The Morgan fingerprint density at radius 1 is 1.13 bits per heavy atom. The van der Waals surface area contributed by atoms with Crippen molar-refractivity contribution in [1.29, 1.82) is 0 Å². The Hall–Kier alpha value is -4.15. The number of rotatable bonds is 12. The van der Waals surface area contributed by atoms with Gasteiger partial charge in [-0.25, -0.2) is 13.5 Å².